The molecule has 0 saturated carbocycles. The monoisotopic (exact) mass is 430 g/mol. The zero-order valence-corrected chi connectivity index (χ0v) is 16.3. The molecule has 0 fully saturated rings. The number of nitrogens with one attached hydrogen (secondary N) is 2. The van der Waals surface area contributed by atoms with Crippen LogP contribution in [0.2, 0.25) is 0 Å². The molecule has 0 unspecified atom stereocenters. The summed E-state index contributed by atoms with van der Waals surface area (Å²) in [5.41, 5.74) is 1.87. The van der Waals surface area contributed by atoms with E-state index in [1.807, 2.05) is 37.3 Å². The van der Waals surface area contributed by atoms with Crippen molar-refractivity contribution in [2.45, 2.75) is 20.0 Å². The molecular formula is C19H19BrN4O3. The molecule has 2 N–H and O–H groups in total. The van der Waals surface area contributed by atoms with Crippen LogP contribution in [0.4, 0.5) is 5.69 Å². The zero-order valence-electron chi connectivity index (χ0n) is 14.7. The maximum atomic E-state index is 12.5. The van der Waals surface area contributed by atoms with Crippen LogP contribution in [-0.2, 0) is 22.7 Å². The van der Waals surface area contributed by atoms with Gasteiger partial charge in [0, 0.05) is 16.7 Å². The van der Waals surface area contributed by atoms with Gasteiger partial charge in [-0.25, -0.2) is 4.79 Å². The van der Waals surface area contributed by atoms with E-state index in [0.717, 1.165) is 9.99 Å². The topological polar surface area (TPSA) is 85.1 Å². The van der Waals surface area contributed by atoms with Crippen LogP contribution in [-0.4, -0.2) is 27.5 Å². The molecule has 27 heavy (non-hydrogen) atoms. The maximum Gasteiger partial charge on any atom is 0.329 e. The van der Waals surface area contributed by atoms with Crippen molar-refractivity contribution in [1.29, 1.82) is 0 Å². The third-order valence-corrected chi connectivity index (χ3v) is 4.65. The van der Waals surface area contributed by atoms with Gasteiger partial charge in [0.1, 0.15) is 6.54 Å². The van der Waals surface area contributed by atoms with Crippen LogP contribution in [0.5, 0.6) is 0 Å². The van der Waals surface area contributed by atoms with E-state index in [2.05, 4.69) is 26.6 Å². The number of aromatic nitrogens is 2. The minimum absolute atomic E-state index is 0.141. The number of carbonyl (C=O) groups excluding carboxylic acids is 2. The quantitative estimate of drug-likeness (QED) is 0.629. The Morgan fingerprint density at radius 3 is 2.22 bits per heavy atom. The van der Waals surface area contributed by atoms with Gasteiger partial charge >= 0.3 is 5.69 Å². The predicted octanol–water partition coefficient (Wildman–Crippen LogP) is 2.34. The molecule has 0 saturated heterocycles. The smallest absolute Gasteiger partial charge is 0.329 e. The fraction of sp³-hybridized carbons (Fsp3) is 0.211. The minimum Gasteiger partial charge on any atom is -0.345 e. The number of hydrogen-bond acceptors (Lipinski definition) is 3. The second-order valence-electron chi connectivity index (χ2n) is 5.93. The summed E-state index contributed by atoms with van der Waals surface area (Å²) in [6, 6.07) is 14.4. The van der Waals surface area contributed by atoms with Crippen molar-refractivity contribution >= 4 is 44.5 Å². The number of rotatable bonds is 6. The second-order valence-corrected chi connectivity index (χ2v) is 6.85. The van der Waals surface area contributed by atoms with Gasteiger partial charge in [0.05, 0.1) is 17.6 Å². The number of anilines is 1. The second kappa shape index (κ2) is 8.22. The van der Waals surface area contributed by atoms with Gasteiger partial charge in [-0.15, -0.1) is 0 Å². The third-order valence-electron chi connectivity index (χ3n) is 4.12. The van der Waals surface area contributed by atoms with Crippen LogP contribution in [0.25, 0.3) is 11.0 Å². The number of imidazole rings is 1. The van der Waals surface area contributed by atoms with E-state index in [1.165, 1.54) is 4.57 Å². The fourth-order valence-electron chi connectivity index (χ4n) is 2.85. The van der Waals surface area contributed by atoms with E-state index in [-0.39, 0.29) is 24.7 Å². The molecule has 3 rings (SSSR count). The molecule has 1 heterocycles. The van der Waals surface area contributed by atoms with Crippen molar-refractivity contribution in [1.82, 2.24) is 14.5 Å². The number of hydrogen-bond donors (Lipinski definition) is 2. The minimum atomic E-state index is -0.401. The van der Waals surface area contributed by atoms with Gasteiger partial charge in [-0.05, 0) is 43.3 Å². The van der Waals surface area contributed by atoms with Crippen LogP contribution in [0.15, 0.2) is 57.8 Å². The Balaban J connectivity index is 1.64. The maximum absolute atomic E-state index is 12.5. The van der Waals surface area contributed by atoms with Crippen molar-refractivity contribution in [2.75, 3.05) is 11.9 Å². The number of amides is 2. The van der Waals surface area contributed by atoms with Crippen LogP contribution in [0.3, 0.4) is 0 Å². The average Bonchev–Trinajstić information content (AvgIpc) is 2.93. The average molecular weight is 431 g/mol. The Bertz CT molecular complexity index is 1040. The summed E-state index contributed by atoms with van der Waals surface area (Å²) in [7, 11) is 0. The number of fused-ring (bicyclic) bond motifs is 1. The van der Waals surface area contributed by atoms with E-state index < -0.39 is 5.91 Å². The largest absolute Gasteiger partial charge is 0.345 e. The van der Waals surface area contributed by atoms with Crippen molar-refractivity contribution in [3.8, 4) is 0 Å². The number of carbonyl (C=O) groups is 2. The van der Waals surface area contributed by atoms with Gasteiger partial charge in [0.15, 0.2) is 0 Å². The molecule has 0 atom stereocenters. The van der Waals surface area contributed by atoms with Gasteiger partial charge < -0.3 is 10.6 Å². The van der Waals surface area contributed by atoms with Gasteiger partial charge in [0.25, 0.3) is 0 Å². The summed E-state index contributed by atoms with van der Waals surface area (Å²) in [6.07, 6.45) is 0. The summed E-state index contributed by atoms with van der Waals surface area (Å²) in [5.74, 6) is -0.740. The van der Waals surface area contributed by atoms with Crippen LogP contribution < -0.4 is 16.3 Å². The van der Waals surface area contributed by atoms with Crippen LogP contribution >= 0.6 is 15.9 Å². The molecule has 2 amide bonds. The molecule has 0 aliphatic heterocycles. The first-order chi connectivity index (χ1) is 13.0. The van der Waals surface area contributed by atoms with Gasteiger partial charge in [-0.2, -0.15) is 0 Å². The predicted molar refractivity (Wildman–Crippen MR) is 108 cm³/mol. The Hall–Kier alpha value is -2.87. The number of aryl methyl sites for hydroxylation is 1. The Morgan fingerprint density at radius 2 is 1.59 bits per heavy atom. The first kappa shape index (κ1) is 18.9. The summed E-state index contributed by atoms with van der Waals surface area (Å²) < 4.78 is 3.94. The molecule has 140 valence electrons. The number of benzene rings is 2. The van der Waals surface area contributed by atoms with Gasteiger partial charge in [-0.1, -0.05) is 28.1 Å². The summed E-state index contributed by atoms with van der Waals surface area (Å²) in [4.78, 5) is 36.7. The molecule has 0 spiro atoms. The van der Waals surface area contributed by atoms with Crippen LogP contribution in [0, 0.1) is 0 Å². The highest BCUT2D eigenvalue weighted by Crippen LogP contribution is 2.14. The number of halogens is 1. The highest BCUT2D eigenvalue weighted by Gasteiger charge is 2.14. The molecule has 0 aliphatic carbocycles. The standard InChI is InChI=1S/C19H19BrN4O3/c1-2-23-15-5-3-4-6-16(15)24(19(23)27)12-18(26)21-11-17(25)22-14-9-7-13(20)8-10-14/h3-10H,2,11-12H2,1H3,(H,21,26)(H,22,25). The highest BCUT2D eigenvalue weighted by molar-refractivity contribution is 9.10. The zero-order chi connectivity index (χ0) is 19.4. The van der Waals surface area contributed by atoms with E-state index in [4.69, 9.17) is 0 Å². The molecule has 3 aromatic rings. The summed E-state index contributed by atoms with van der Waals surface area (Å²) in [6.45, 7) is 2.09. The lowest BCUT2D eigenvalue weighted by molar-refractivity contribution is -0.124. The number of nitrogens with zero attached hydrogens (tertiary/aromatic N) is 2. The molecule has 2 aromatic carbocycles. The van der Waals surface area contributed by atoms with Crippen molar-refractivity contribution in [3.05, 3.63) is 63.5 Å². The summed E-state index contributed by atoms with van der Waals surface area (Å²) >= 11 is 3.32. The lowest BCUT2D eigenvalue weighted by Gasteiger charge is -2.08. The normalized spacial score (nSPS) is 10.7. The molecular weight excluding hydrogens is 412 g/mol. The fourth-order valence-corrected chi connectivity index (χ4v) is 3.11. The van der Waals surface area contributed by atoms with E-state index in [1.54, 1.807) is 22.8 Å². The van der Waals surface area contributed by atoms with Gasteiger partial charge in [-0.3, -0.25) is 18.7 Å². The van der Waals surface area contributed by atoms with Crippen molar-refractivity contribution < 1.29 is 9.59 Å². The van der Waals surface area contributed by atoms with Crippen LogP contribution in [0.1, 0.15) is 6.92 Å². The first-order valence-electron chi connectivity index (χ1n) is 8.49. The van der Waals surface area contributed by atoms with Crippen molar-refractivity contribution in [3.63, 3.8) is 0 Å². The molecule has 8 heteroatoms. The molecule has 0 aliphatic rings. The summed E-state index contributed by atoms with van der Waals surface area (Å²) in [5, 5.41) is 5.25. The number of para-hydroxylation sites is 2. The molecule has 0 bridgehead atoms. The molecule has 7 nitrogen and oxygen atoms in total. The SMILES string of the molecule is CCn1c(=O)n(CC(=O)NCC(=O)Nc2ccc(Br)cc2)c2ccccc21. The first-order valence-corrected chi connectivity index (χ1v) is 9.29. The molecule has 0 radical (unpaired) electrons. The van der Waals surface area contributed by atoms with E-state index in [9.17, 15) is 14.4 Å². The van der Waals surface area contributed by atoms with E-state index >= 15 is 0 Å². The third kappa shape index (κ3) is 4.28. The Morgan fingerprint density at radius 1 is 0.963 bits per heavy atom. The lowest BCUT2D eigenvalue weighted by atomic mass is 10.3. The Kier molecular flexibility index (Phi) is 5.75. The van der Waals surface area contributed by atoms with Crippen molar-refractivity contribution in [2.24, 2.45) is 0 Å². The Labute approximate surface area is 164 Å². The van der Waals surface area contributed by atoms with Gasteiger partial charge in [0.2, 0.25) is 11.8 Å². The highest BCUT2D eigenvalue weighted by atomic mass is 79.9. The lowest BCUT2D eigenvalue weighted by Crippen LogP contribution is -2.37. The molecule has 1 aromatic heterocycles. The van der Waals surface area contributed by atoms with E-state index in [0.29, 0.717) is 17.7 Å².